The van der Waals surface area contributed by atoms with E-state index in [2.05, 4.69) is 36.5 Å². The molecule has 0 saturated heterocycles. The van der Waals surface area contributed by atoms with Crippen molar-refractivity contribution in [3.8, 4) is 5.75 Å². The van der Waals surface area contributed by atoms with Gasteiger partial charge in [0.25, 0.3) is 0 Å². The highest BCUT2D eigenvalue weighted by atomic mass is 79.9. The van der Waals surface area contributed by atoms with E-state index in [1.54, 1.807) is 13.2 Å². The maximum absolute atomic E-state index is 5.70. The predicted molar refractivity (Wildman–Crippen MR) is 84.6 cm³/mol. The molecule has 106 valence electrons. The number of ether oxygens (including phenoxy) is 1. The zero-order chi connectivity index (χ0) is 14.5. The molecular weight excluding hydrogens is 322 g/mol. The van der Waals surface area contributed by atoms with Crippen molar-refractivity contribution in [2.24, 2.45) is 0 Å². The molecule has 0 unspecified atom stereocenters. The normalized spacial score (nSPS) is 10.2. The summed E-state index contributed by atoms with van der Waals surface area (Å²) in [5, 5.41) is 6.28. The van der Waals surface area contributed by atoms with Gasteiger partial charge < -0.3 is 21.1 Å². The number of hydrogen-bond acceptors (Lipinski definition) is 6. The van der Waals surface area contributed by atoms with Crippen LogP contribution >= 0.6 is 15.9 Å². The van der Waals surface area contributed by atoms with Crippen LogP contribution in [0.4, 0.5) is 23.3 Å². The molecule has 1 aromatic carbocycles. The van der Waals surface area contributed by atoms with Crippen LogP contribution in [-0.2, 0) is 0 Å². The van der Waals surface area contributed by atoms with Gasteiger partial charge in [0.05, 0.1) is 12.8 Å². The van der Waals surface area contributed by atoms with Gasteiger partial charge in [-0.3, -0.25) is 0 Å². The highest BCUT2D eigenvalue weighted by Gasteiger charge is 2.07. The molecule has 0 amide bonds. The number of rotatable bonds is 5. The highest BCUT2D eigenvalue weighted by molar-refractivity contribution is 9.10. The molecule has 20 heavy (non-hydrogen) atoms. The lowest BCUT2D eigenvalue weighted by molar-refractivity contribution is 0.416. The molecule has 0 radical (unpaired) electrons. The SMILES string of the molecule is CCNc1cc(Nc2cc(Br)ccc2OC)nc(N)n1. The molecule has 0 aliphatic carbocycles. The number of anilines is 4. The lowest BCUT2D eigenvalue weighted by Crippen LogP contribution is -2.06. The second-order valence-electron chi connectivity index (χ2n) is 4.00. The highest BCUT2D eigenvalue weighted by Crippen LogP contribution is 2.30. The molecule has 6 nitrogen and oxygen atoms in total. The Kier molecular flexibility index (Phi) is 4.62. The van der Waals surface area contributed by atoms with Gasteiger partial charge in [0.15, 0.2) is 0 Å². The number of nitrogens with zero attached hydrogens (tertiary/aromatic N) is 2. The smallest absolute Gasteiger partial charge is 0.223 e. The summed E-state index contributed by atoms with van der Waals surface area (Å²) in [6.07, 6.45) is 0. The zero-order valence-corrected chi connectivity index (χ0v) is 12.9. The number of methoxy groups -OCH3 is 1. The predicted octanol–water partition coefficient (Wildman–Crippen LogP) is 3.01. The van der Waals surface area contributed by atoms with Crippen LogP contribution < -0.4 is 21.1 Å². The molecular formula is C13H16BrN5O. The first-order valence-electron chi connectivity index (χ1n) is 6.11. The van der Waals surface area contributed by atoms with Gasteiger partial charge in [-0.1, -0.05) is 15.9 Å². The summed E-state index contributed by atoms with van der Waals surface area (Å²) in [4.78, 5) is 8.26. The van der Waals surface area contributed by atoms with Crippen LogP contribution in [-0.4, -0.2) is 23.6 Å². The second-order valence-corrected chi connectivity index (χ2v) is 4.91. The summed E-state index contributed by atoms with van der Waals surface area (Å²) in [5.74, 6) is 2.21. The molecule has 1 heterocycles. The fourth-order valence-electron chi connectivity index (χ4n) is 1.72. The van der Waals surface area contributed by atoms with E-state index in [4.69, 9.17) is 10.5 Å². The first kappa shape index (κ1) is 14.4. The van der Waals surface area contributed by atoms with Crippen LogP contribution in [0.3, 0.4) is 0 Å². The van der Waals surface area contributed by atoms with Crippen molar-refractivity contribution in [3.05, 3.63) is 28.7 Å². The number of halogens is 1. The molecule has 0 atom stereocenters. The van der Waals surface area contributed by atoms with E-state index in [-0.39, 0.29) is 5.95 Å². The maximum atomic E-state index is 5.70. The van der Waals surface area contributed by atoms with Gasteiger partial charge in [-0.15, -0.1) is 0 Å². The van der Waals surface area contributed by atoms with Crippen molar-refractivity contribution >= 4 is 39.2 Å². The zero-order valence-electron chi connectivity index (χ0n) is 11.3. The van der Waals surface area contributed by atoms with Gasteiger partial charge in [0, 0.05) is 17.1 Å². The van der Waals surface area contributed by atoms with E-state index in [1.165, 1.54) is 0 Å². The minimum atomic E-state index is 0.208. The first-order chi connectivity index (χ1) is 9.62. The number of aromatic nitrogens is 2. The van der Waals surface area contributed by atoms with Crippen molar-refractivity contribution in [1.82, 2.24) is 9.97 Å². The Hall–Kier alpha value is -2.02. The van der Waals surface area contributed by atoms with Crippen LogP contribution in [0, 0.1) is 0 Å². The molecule has 0 aliphatic heterocycles. The summed E-state index contributed by atoms with van der Waals surface area (Å²) in [6.45, 7) is 2.75. The molecule has 1 aromatic heterocycles. The van der Waals surface area contributed by atoms with E-state index in [9.17, 15) is 0 Å². The summed E-state index contributed by atoms with van der Waals surface area (Å²) in [7, 11) is 1.62. The van der Waals surface area contributed by atoms with Crippen LogP contribution in [0.2, 0.25) is 0 Å². The standard InChI is InChI=1S/C13H16BrN5O/c1-3-16-11-7-12(19-13(15)18-11)17-9-6-8(14)4-5-10(9)20-2/h4-7H,3H2,1-2H3,(H4,15,16,17,18,19). The molecule has 0 saturated carbocycles. The molecule has 0 aliphatic rings. The van der Waals surface area contributed by atoms with E-state index in [0.29, 0.717) is 11.6 Å². The van der Waals surface area contributed by atoms with E-state index < -0.39 is 0 Å². The van der Waals surface area contributed by atoms with Crippen LogP contribution in [0.5, 0.6) is 5.75 Å². The third-order valence-corrected chi connectivity index (χ3v) is 3.02. The van der Waals surface area contributed by atoms with Crippen molar-refractivity contribution in [2.45, 2.75) is 6.92 Å². The number of nitrogens with two attached hydrogens (primary N) is 1. The number of nitrogens with one attached hydrogen (secondary N) is 2. The van der Waals surface area contributed by atoms with Crippen molar-refractivity contribution < 1.29 is 4.74 Å². The Morgan fingerprint density at radius 2 is 2.00 bits per heavy atom. The van der Waals surface area contributed by atoms with E-state index in [0.717, 1.165) is 22.5 Å². The molecule has 4 N–H and O–H groups in total. The lowest BCUT2D eigenvalue weighted by atomic mass is 10.3. The Labute approximate surface area is 125 Å². The average Bonchev–Trinajstić information content (AvgIpc) is 2.38. The topological polar surface area (TPSA) is 85.1 Å². The molecule has 7 heteroatoms. The van der Waals surface area contributed by atoms with Crippen molar-refractivity contribution in [2.75, 3.05) is 30.0 Å². The Morgan fingerprint density at radius 3 is 2.70 bits per heavy atom. The monoisotopic (exact) mass is 337 g/mol. The van der Waals surface area contributed by atoms with Gasteiger partial charge in [-0.05, 0) is 25.1 Å². The Morgan fingerprint density at radius 1 is 1.25 bits per heavy atom. The summed E-state index contributed by atoms with van der Waals surface area (Å²) >= 11 is 3.43. The minimum Gasteiger partial charge on any atom is -0.495 e. The minimum absolute atomic E-state index is 0.208. The third kappa shape index (κ3) is 3.51. The van der Waals surface area contributed by atoms with Gasteiger partial charge >= 0.3 is 0 Å². The lowest BCUT2D eigenvalue weighted by Gasteiger charge is -2.12. The molecule has 0 spiro atoms. The largest absolute Gasteiger partial charge is 0.495 e. The van der Waals surface area contributed by atoms with E-state index >= 15 is 0 Å². The van der Waals surface area contributed by atoms with Gasteiger partial charge in [-0.25, -0.2) is 0 Å². The fraction of sp³-hybridized carbons (Fsp3) is 0.231. The maximum Gasteiger partial charge on any atom is 0.223 e. The second kappa shape index (κ2) is 6.42. The van der Waals surface area contributed by atoms with E-state index in [1.807, 2.05) is 25.1 Å². The molecule has 0 bridgehead atoms. The van der Waals surface area contributed by atoms with Crippen LogP contribution in [0.25, 0.3) is 0 Å². The number of benzene rings is 1. The van der Waals surface area contributed by atoms with Gasteiger partial charge in [-0.2, -0.15) is 9.97 Å². The number of nitrogen functional groups attached to an aromatic ring is 1. The third-order valence-electron chi connectivity index (χ3n) is 2.53. The van der Waals surface area contributed by atoms with Crippen molar-refractivity contribution in [1.29, 1.82) is 0 Å². The van der Waals surface area contributed by atoms with Crippen LogP contribution in [0.1, 0.15) is 6.92 Å². The Balaban J connectivity index is 2.31. The summed E-state index contributed by atoms with van der Waals surface area (Å²) in [6, 6.07) is 7.47. The Bertz CT molecular complexity index is 605. The van der Waals surface area contributed by atoms with Gasteiger partial charge in [0.2, 0.25) is 5.95 Å². The quantitative estimate of drug-likeness (QED) is 0.777. The van der Waals surface area contributed by atoms with Crippen LogP contribution in [0.15, 0.2) is 28.7 Å². The first-order valence-corrected chi connectivity index (χ1v) is 6.90. The van der Waals surface area contributed by atoms with Gasteiger partial charge in [0.1, 0.15) is 17.4 Å². The number of hydrogen-bond donors (Lipinski definition) is 3. The molecule has 0 fully saturated rings. The molecule has 2 rings (SSSR count). The summed E-state index contributed by atoms with van der Waals surface area (Å²) in [5.41, 5.74) is 6.49. The average molecular weight is 338 g/mol. The summed E-state index contributed by atoms with van der Waals surface area (Å²) < 4.78 is 6.25. The van der Waals surface area contributed by atoms with Crippen molar-refractivity contribution in [3.63, 3.8) is 0 Å². The fourth-order valence-corrected chi connectivity index (χ4v) is 2.08. The molecule has 2 aromatic rings.